The average molecular weight is 692 g/mol. The lowest BCUT2D eigenvalue weighted by atomic mass is 9.79. The Balaban J connectivity index is 1.65. The number of aliphatic hydroxyl groups is 1. The minimum Gasteiger partial charge on any atom is -0.497 e. The molecule has 0 aliphatic carbocycles. The summed E-state index contributed by atoms with van der Waals surface area (Å²) in [7, 11) is -3.03. The number of fused-ring (bicyclic) bond motifs is 1. The molecular formula is C34H49N3O10S. The van der Waals surface area contributed by atoms with Crippen LogP contribution in [0.15, 0.2) is 59.5 Å². The molecule has 2 aliphatic heterocycles. The third kappa shape index (κ3) is 9.17. The Kier molecular flexibility index (Phi) is 12.3. The van der Waals surface area contributed by atoms with Crippen molar-refractivity contribution in [3.8, 4) is 5.75 Å². The Bertz CT molecular complexity index is 1470. The second kappa shape index (κ2) is 15.9. The monoisotopic (exact) mass is 691 g/mol. The maximum absolute atomic E-state index is 14.5. The molecule has 0 radical (unpaired) electrons. The molecule has 266 valence electrons. The zero-order valence-corrected chi connectivity index (χ0v) is 29.0. The second-order valence-electron chi connectivity index (χ2n) is 13.5. The molecule has 2 fully saturated rings. The van der Waals surface area contributed by atoms with Gasteiger partial charge in [0.05, 0.1) is 43.3 Å². The Morgan fingerprint density at radius 1 is 1.06 bits per heavy atom. The lowest BCUT2D eigenvalue weighted by Crippen LogP contribution is -2.65. The summed E-state index contributed by atoms with van der Waals surface area (Å²) in [5.74, 6) is 0.318. The summed E-state index contributed by atoms with van der Waals surface area (Å²) < 4.78 is 56.3. The Morgan fingerprint density at radius 3 is 2.40 bits per heavy atom. The van der Waals surface area contributed by atoms with Gasteiger partial charge in [-0.15, -0.1) is 0 Å². The molecule has 2 heterocycles. The summed E-state index contributed by atoms with van der Waals surface area (Å²) in [5, 5.41) is 17.6. The van der Waals surface area contributed by atoms with Crippen LogP contribution in [0, 0.1) is 11.3 Å². The van der Waals surface area contributed by atoms with Gasteiger partial charge < -0.3 is 45.2 Å². The van der Waals surface area contributed by atoms with Crippen LogP contribution < -0.4 is 21.1 Å². The van der Waals surface area contributed by atoms with Crippen molar-refractivity contribution in [1.82, 2.24) is 10.6 Å². The summed E-state index contributed by atoms with van der Waals surface area (Å²) in [6, 6.07) is 13.6. The van der Waals surface area contributed by atoms with Crippen molar-refractivity contribution < 1.29 is 46.8 Å². The number of aliphatic hydroxyl groups excluding tert-OH is 1. The normalized spacial score (nSPS) is 21.9. The van der Waals surface area contributed by atoms with Crippen LogP contribution in [0.25, 0.3) is 0 Å². The molecule has 14 heteroatoms. The minimum atomic E-state index is -4.49. The van der Waals surface area contributed by atoms with Crippen LogP contribution in [-0.4, -0.2) is 88.1 Å². The lowest BCUT2D eigenvalue weighted by Gasteiger charge is -2.42. The Labute approximate surface area is 282 Å². The van der Waals surface area contributed by atoms with Crippen molar-refractivity contribution in [3.05, 3.63) is 60.2 Å². The number of ether oxygens (including phenoxy) is 5. The van der Waals surface area contributed by atoms with Gasteiger partial charge in [0.25, 0.3) is 0 Å². The predicted molar refractivity (Wildman–Crippen MR) is 177 cm³/mol. The van der Waals surface area contributed by atoms with E-state index in [0.29, 0.717) is 25.2 Å². The van der Waals surface area contributed by atoms with Crippen LogP contribution in [0.5, 0.6) is 5.75 Å². The number of carbonyl (C=O) groups excluding carboxylic acids is 2. The molecule has 0 bridgehead atoms. The van der Waals surface area contributed by atoms with Crippen molar-refractivity contribution in [3.63, 3.8) is 0 Å². The first-order valence-electron chi connectivity index (χ1n) is 16.2. The highest BCUT2D eigenvalue weighted by Gasteiger charge is 2.53. The van der Waals surface area contributed by atoms with Crippen LogP contribution in [0.2, 0.25) is 0 Å². The van der Waals surface area contributed by atoms with Gasteiger partial charge in [-0.25, -0.2) is 18.0 Å². The van der Waals surface area contributed by atoms with E-state index in [1.807, 2.05) is 6.07 Å². The molecule has 0 spiro atoms. The molecule has 5 N–H and O–H groups in total. The number of alkyl carbamates (subject to hydrolysis) is 2. The number of nitrogens with two attached hydrogens (primary N) is 1. The fourth-order valence-electron chi connectivity index (χ4n) is 6.25. The van der Waals surface area contributed by atoms with Crippen LogP contribution in [0.1, 0.15) is 52.5 Å². The summed E-state index contributed by atoms with van der Waals surface area (Å²) in [4.78, 5) is 23.0. The smallest absolute Gasteiger partial charge is 0.407 e. The number of rotatable bonds is 15. The number of hydrogen-bond donors (Lipinski definition) is 4. The minimum absolute atomic E-state index is 0.0492. The van der Waals surface area contributed by atoms with Gasteiger partial charge in [0, 0.05) is 6.54 Å². The standard InChI is InChI=1S/C34H49N3O10S/c1-22(2)46-31(39)36-17-16-33(3,4)21-34(35,48(41,42)25-13-11-24(43-5)12-14-25)29(38)27(19-23-9-7-6-8-10-23)37-32(40)47-28-20-45-30-26(28)15-18-44-30/h6-14,22,26-30,38H,15-21,35H2,1-5H3,(H,36,39)(H,37,40)/t26-,27+,28-,29-,30+,34?/m1/s1. The van der Waals surface area contributed by atoms with Gasteiger partial charge in [-0.2, -0.15) is 0 Å². The molecule has 2 aromatic carbocycles. The van der Waals surface area contributed by atoms with Crippen LogP contribution in [-0.2, 0) is 35.2 Å². The molecule has 2 aliphatic rings. The summed E-state index contributed by atoms with van der Waals surface area (Å²) in [6.45, 7) is 7.89. The van der Waals surface area contributed by atoms with Gasteiger partial charge in [0.15, 0.2) is 21.0 Å². The molecule has 1 unspecified atom stereocenters. The first-order valence-corrected chi connectivity index (χ1v) is 17.7. The van der Waals surface area contributed by atoms with E-state index >= 15 is 0 Å². The summed E-state index contributed by atoms with van der Waals surface area (Å²) in [5.41, 5.74) is 6.85. The first-order chi connectivity index (χ1) is 22.6. The molecule has 2 saturated heterocycles. The van der Waals surface area contributed by atoms with E-state index in [2.05, 4.69) is 10.6 Å². The van der Waals surface area contributed by atoms with Crippen molar-refractivity contribution in [2.24, 2.45) is 17.1 Å². The average Bonchev–Trinajstić information content (AvgIpc) is 3.65. The second-order valence-corrected chi connectivity index (χ2v) is 15.7. The molecular weight excluding hydrogens is 642 g/mol. The van der Waals surface area contributed by atoms with Crippen molar-refractivity contribution >= 4 is 22.0 Å². The van der Waals surface area contributed by atoms with Crippen molar-refractivity contribution in [2.75, 3.05) is 26.9 Å². The largest absolute Gasteiger partial charge is 0.497 e. The van der Waals surface area contributed by atoms with Crippen molar-refractivity contribution in [2.45, 2.75) is 93.8 Å². The topological polar surface area (TPSA) is 185 Å². The number of nitrogens with one attached hydrogen (secondary N) is 2. The van der Waals surface area contributed by atoms with E-state index in [1.165, 1.54) is 31.4 Å². The molecule has 2 aromatic rings. The number of carbonyl (C=O) groups is 2. The lowest BCUT2D eigenvalue weighted by molar-refractivity contribution is -0.0907. The molecule has 0 saturated carbocycles. The number of benzene rings is 2. The van der Waals surface area contributed by atoms with E-state index in [0.717, 1.165) is 5.56 Å². The number of methoxy groups -OCH3 is 1. The number of sulfone groups is 1. The maximum atomic E-state index is 14.5. The third-order valence-electron chi connectivity index (χ3n) is 8.77. The molecule has 13 nitrogen and oxygen atoms in total. The Morgan fingerprint density at radius 2 is 1.75 bits per heavy atom. The van der Waals surface area contributed by atoms with Crippen LogP contribution in [0.4, 0.5) is 9.59 Å². The highest BCUT2D eigenvalue weighted by molar-refractivity contribution is 7.92. The quantitative estimate of drug-likeness (QED) is 0.214. The first kappa shape index (κ1) is 37.4. The zero-order valence-electron chi connectivity index (χ0n) is 28.2. The number of hydrogen-bond acceptors (Lipinski definition) is 11. The summed E-state index contributed by atoms with van der Waals surface area (Å²) >= 11 is 0. The van der Waals surface area contributed by atoms with Gasteiger partial charge in [-0.1, -0.05) is 44.2 Å². The van der Waals surface area contributed by atoms with Crippen LogP contribution in [0.3, 0.4) is 0 Å². The van der Waals surface area contributed by atoms with E-state index in [1.54, 1.807) is 52.0 Å². The maximum Gasteiger partial charge on any atom is 0.407 e. The molecule has 0 aromatic heterocycles. The molecule has 6 atom stereocenters. The molecule has 4 rings (SSSR count). The van der Waals surface area contributed by atoms with E-state index in [9.17, 15) is 23.1 Å². The van der Waals surface area contributed by atoms with E-state index in [4.69, 9.17) is 29.4 Å². The molecule has 2 amide bonds. The fourth-order valence-corrected chi connectivity index (χ4v) is 8.24. The van der Waals surface area contributed by atoms with E-state index < -0.39 is 56.8 Å². The highest BCUT2D eigenvalue weighted by Crippen LogP contribution is 2.39. The van der Waals surface area contributed by atoms with Gasteiger partial charge in [0.2, 0.25) is 0 Å². The van der Waals surface area contributed by atoms with Crippen LogP contribution >= 0.6 is 0 Å². The van der Waals surface area contributed by atoms with E-state index in [-0.39, 0.29) is 42.9 Å². The highest BCUT2D eigenvalue weighted by atomic mass is 32.2. The van der Waals surface area contributed by atoms with Gasteiger partial charge in [-0.05, 0) is 74.8 Å². The van der Waals surface area contributed by atoms with Gasteiger partial charge in [0.1, 0.15) is 18.0 Å². The molecule has 48 heavy (non-hydrogen) atoms. The zero-order chi connectivity index (χ0) is 35.1. The Hall–Kier alpha value is -3.43. The van der Waals surface area contributed by atoms with Crippen molar-refractivity contribution in [1.29, 1.82) is 0 Å². The summed E-state index contributed by atoms with van der Waals surface area (Å²) in [6.07, 6.45) is -3.79. The predicted octanol–water partition coefficient (Wildman–Crippen LogP) is 3.52. The fraction of sp³-hybridized carbons (Fsp3) is 0.588. The third-order valence-corrected chi connectivity index (χ3v) is 11.0. The SMILES string of the molecule is COc1ccc(S(=O)(=O)C(N)(CC(C)(C)CCNC(=O)OC(C)C)[C@H](O)[C@H](Cc2ccccc2)NC(=O)O[C@@H]2CO[C@@H]3OCC[C@@H]32)cc1. The van der Waals surface area contributed by atoms with Gasteiger partial charge >= 0.3 is 12.2 Å². The number of amides is 2. The van der Waals surface area contributed by atoms with Gasteiger partial charge in [-0.3, -0.25) is 0 Å².